The molecule has 0 unspecified atom stereocenters. The van der Waals surface area contributed by atoms with Crippen LogP contribution in [0.15, 0.2) is 38.5 Å². The summed E-state index contributed by atoms with van der Waals surface area (Å²) in [4.78, 5) is 12.2. The van der Waals surface area contributed by atoms with E-state index < -0.39 is 0 Å². The maximum atomic E-state index is 11.1. The summed E-state index contributed by atoms with van der Waals surface area (Å²) in [5.74, 6) is 0.850. The van der Waals surface area contributed by atoms with Gasteiger partial charge < -0.3 is 0 Å². The smallest absolute Gasteiger partial charge is 0.283 e. The van der Waals surface area contributed by atoms with Crippen molar-refractivity contribution in [1.29, 1.82) is 0 Å². The first-order valence-corrected chi connectivity index (χ1v) is 6.49. The van der Waals surface area contributed by atoms with Crippen LogP contribution in [0.2, 0.25) is 5.02 Å². The van der Waals surface area contributed by atoms with E-state index >= 15 is 0 Å². The molecule has 0 radical (unpaired) electrons. The topological polar surface area (TPSA) is 49.9 Å². The first kappa shape index (κ1) is 12.3. The largest absolute Gasteiger partial charge is 0.429 e. The van der Waals surface area contributed by atoms with E-state index in [1.54, 1.807) is 23.4 Å². The normalized spacial score (nSPS) is 10.7. The minimum atomic E-state index is -0.318. The third-order valence-corrected chi connectivity index (χ3v) is 3.59. The zero-order valence-electron chi connectivity index (χ0n) is 9.27. The van der Waals surface area contributed by atoms with E-state index in [9.17, 15) is 4.79 Å². The maximum Gasteiger partial charge on any atom is 0.429 e. The fourth-order valence-corrected chi connectivity index (χ4v) is 2.31. The van der Waals surface area contributed by atoms with E-state index in [-0.39, 0.29) is 5.63 Å². The lowest BCUT2D eigenvalue weighted by atomic mass is 10.4. The third kappa shape index (κ3) is 3.14. The molecule has 90 valence electrons. The molecule has 0 saturated heterocycles. The van der Waals surface area contributed by atoms with Gasteiger partial charge in [0.05, 0.1) is 5.75 Å². The molecular weight excluding hydrogens is 260 g/mol. The molecule has 0 atom stereocenters. The van der Waals surface area contributed by atoms with Gasteiger partial charge >= 0.3 is 5.63 Å². The van der Waals surface area contributed by atoms with Gasteiger partial charge in [0.25, 0.3) is 5.69 Å². The van der Waals surface area contributed by atoms with E-state index in [1.807, 2.05) is 24.3 Å². The molecule has 0 aliphatic carbocycles. The molecule has 0 saturated carbocycles. The Labute approximate surface area is 108 Å². The van der Waals surface area contributed by atoms with Crippen LogP contribution in [0.25, 0.3) is 0 Å². The van der Waals surface area contributed by atoms with Crippen LogP contribution in [0.5, 0.6) is 0 Å². The maximum absolute atomic E-state index is 11.1. The Balaban J connectivity index is 1.90. The average molecular weight is 272 g/mol. The van der Waals surface area contributed by atoms with Gasteiger partial charge in [-0.1, -0.05) is 16.3 Å². The highest BCUT2D eigenvalue weighted by atomic mass is 35.5. The molecule has 6 heteroatoms. The Morgan fingerprint density at radius 3 is 2.71 bits per heavy atom. The van der Waals surface area contributed by atoms with Crippen molar-refractivity contribution in [3.8, 4) is 0 Å². The van der Waals surface area contributed by atoms with Crippen molar-refractivity contribution in [3.05, 3.63) is 45.4 Å². The van der Waals surface area contributed by atoms with Gasteiger partial charge in [-0.3, -0.25) is 4.52 Å². The Bertz CT molecular complexity index is 547. The fourth-order valence-electron chi connectivity index (χ4n) is 1.35. The first-order valence-electron chi connectivity index (χ1n) is 5.13. The summed E-state index contributed by atoms with van der Waals surface area (Å²) in [5.41, 5.74) is 0.267. The second-order valence-electron chi connectivity index (χ2n) is 3.52. The van der Waals surface area contributed by atoms with E-state index in [0.29, 0.717) is 12.2 Å². The number of halogens is 1. The predicted molar refractivity (Wildman–Crippen MR) is 66.4 cm³/mol. The zero-order valence-corrected chi connectivity index (χ0v) is 10.8. The van der Waals surface area contributed by atoms with Gasteiger partial charge in [0.2, 0.25) is 0 Å². The van der Waals surface area contributed by atoms with Crippen LogP contribution in [0.4, 0.5) is 0 Å². The summed E-state index contributed by atoms with van der Waals surface area (Å²) in [7, 11) is 0. The molecule has 1 N–H and O–H groups in total. The van der Waals surface area contributed by atoms with E-state index in [1.165, 1.54) is 0 Å². The number of rotatable bonds is 4. The minimum Gasteiger partial charge on any atom is -0.283 e. The number of aryl methyl sites for hydroxylation is 1. The molecule has 0 aliphatic rings. The predicted octanol–water partition coefficient (Wildman–Crippen LogP) is 2.01. The molecule has 0 fully saturated rings. The highest BCUT2D eigenvalue weighted by Gasteiger charge is 2.14. The van der Waals surface area contributed by atoms with E-state index in [0.717, 1.165) is 15.7 Å². The SMILES string of the molecule is Cc1c(=O)o[nH][n+]1CCSc1ccc(Cl)cc1. The summed E-state index contributed by atoms with van der Waals surface area (Å²) < 4.78 is 6.37. The number of hydrogen-bond acceptors (Lipinski definition) is 3. The molecule has 4 nitrogen and oxygen atoms in total. The second-order valence-corrected chi connectivity index (χ2v) is 5.13. The molecule has 1 heterocycles. The van der Waals surface area contributed by atoms with Gasteiger partial charge in [-0.25, -0.2) is 4.79 Å². The summed E-state index contributed by atoms with van der Waals surface area (Å²) in [5, 5.41) is 3.30. The number of H-pyrrole nitrogens is 1. The van der Waals surface area contributed by atoms with Crippen molar-refractivity contribution in [1.82, 2.24) is 5.27 Å². The van der Waals surface area contributed by atoms with Crippen molar-refractivity contribution < 1.29 is 9.20 Å². The average Bonchev–Trinajstić information content (AvgIpc) is 2.64. The monoisotopic (exact) mass is 271 g/mol. The van der Waals surface area contributed by atoms with Crippen LogP contribution in [0.3, 0.4) is 0 Å². The lowest BCUT2D eigenvalue weighted by Crippen LogP contribution is -2.40. The van der Waals surface area contributed by atoms with Crippen LogP contribution in [-0.4, -0.2) is 11.0 Å². The minimum absolute atomic E-state index is 0.318. The molecule has 0 aliphatic heterocycles. The Morgan fingerprint density at radius 1 is 1.41 bits per heavy atom. The van der Waals surface area contributed by atoms with E-state index in [4.69, 9.17) is 11.6 Å². The van der Waals surface area contributed by atoms with Crippen LogP contribution >= 0.6 is 23.4 Å². The molecule has 0 spiro atoms. The van der Waals surface area contributed by atoms with E-state index in [2.05, 4.69) is 9.79 Å². The summed E-state index contributed by atoms with van der Waals surface area (Å²) >= 11 is 7.50. The van der Waals surface area contributed by atoms with Crippen molar-refractivity contribution in [3.63, 3.8) is 0 Å². The number of thioether (sulfide) groups is 1. The van der Waals surface area contributed by atoms with Gasteiger partial charge in [-0.2, -0.15) is 0 Å². The summed E-state index contributed by atoms with van der Waals surface area (Å²) in [6.07, 6.45) is 0. The van der Waals surface area contributed by atoms with Crippen molar-refractivity contribution in [2.45, 2.75) is 18.4 Å². The molecule has 1 aromatic heterocycles. The quantitative estimate of drug-likeness (QED) is 0.684. The lowest BCUT2D eigenvalue weighted by molar-refractivity contribution is -0.763. The van der Waals surface area contributed by atoms with Crippen LogP contribution < -0.4 is 10.3 Å². The van der Waals surface area contributed by atoms with Crippen molar-refractivity contribution >= 4 is 23.4 Å². The number of hydrogen-bond donors (Lipinski definition) is 1. The number of benzene rings is 1. The standard InChI is InChI=1S/C11H11ClN2O2S/c1-8-11(15)16-13-14(8)6-7-17-10-4-2-9(12)3-5-10/h2-5H,6-7H2,1H3/p+1. The first-order chi connectivity index (χ1) is 8.16. The summed E-state index contributed by atoms with van der Waals surface area (Å²) in [6.45, 7) is 2.43. The molecule has 0 bridgehead atoms. The number of aromatic nitrogens is 2. The Kier molecular flexibility index (Phi) is 3.91. The molecular formula is C11H12ClN2O2S+. The molecule has 2 rings (SSSR count). The van der Waals surface area contributed by atoms with Gasteiger partial charge in [0.1, 0.15) is 0 Å². The van der Waals surface area contributed by atoms with Crippen molar-refractivity contribution in [2.75, 3.05) is 5.75 Å². The summed E-state index contributed by atoms with van der Waals surface area (Å²) in [6, 6.07) is 7.68. The molecule has 0 amide bonds. The molecule has 2 aromatic rings. The van der Waals surface area contributed by atoms with Crippen LogP contribution in [0.1, 0.15) is 5.69 Å². The Morgan fingerprint density at radius 2 is 2.12 bits per heavy atom. The fraction of sp³-hybridized carbons (Fsp3) is 0.273. The molecule has 17 heavy (non-hydrogen) atoms. The highest BCUT2D eigenvalue weighted by Crippen LogP contribution is 2.19. The van der Waals surface area contributed by atoms with Gasteiger partial charge in [0, 0.05) is 16.8 Å². The Hall–Kier alpha value is -1.20. The third-order valence-electron chi connectivity index (χ3n) is 2.35. The van der Waals surface area contributed by atoms with Crippen LogP contribution in [-0.2, 0) is 6.54 Å². The second kappa shape index (κ2) is 5.42. The van der Waals surface area contributed by atoms with Gasteiger partial charge in [-0.15, -0.1) is 11.8 Å². The highest BCUT2D eigenvalue weighted by molar-refractivity contribution is 7.99. The van der Waals surface area contributed by atoms with Gasteiger partial charge in [0.15, 0.2) is 6.54 Å². The lowest BCUT2D eigenvalue weighted by Gasteiger charge is -1.98. The number of nitrogens with zero attached hydrogens (tertiary/aromatic N) is 1. The number of nitrogens with one attached hydrogen (secondary N) is 1. The van der Waals surface area contributed by atoms with Gasteiger partial charge in [-0.05, 0) is 29.5 Å². The molecule has 1 aromatic carbocycles. The van der Waals surface area contributed by atoms with Crippen molar-refractivity contribution in [2.24, 2.45) is 0 Å². The number of aromatic amines is 1. The zero-order chi connectivity index (χ0) is 12.3. The van der Waals surface area contributed by atoms with Crippen LogP contribution in [0, 0.1) is 6.92 Å².